The van der Waals surface area contributed by atoms with Gasteiger partial charge in [-0.1, -0.05) is 327 Å². The quantitative estimate of drug-likeness (QED) is 0.0320. The Bertz CT molecular complexity index is 1150. The molecule has 0 aromatic carbocycles. The SMILES string of the molecule is CCCCCCCCCCCCCCCCCCCCCCC/C=C/C(O)C(CO)NC(=O)CCCCCCC/C=C\CCCCCCCCCOC(=O)CCCCCCCCCCCCCCCCCCCC. The van der Waals surface area contributed by atoms with Gasteiger partial charge in [0.2, 0.25) is 5.91 Å². The van der Waals surface area contributed by atoms with E-state index < -0.39 is 12.1 Å². The Morgan fingerprint density at radius 1 is 0.365 bits per heavy atom. The van der Waals surface area contributed by atoms with Crippen molar-refractivity contribution in [1.29, 1.82) is 0 Å². The molecular weight excluding hydrogens is 911 g/mol. The number of aliphatic hydroxyl groups excluding tert-OH is 2. The molecule has 0 aliphatic rings. The monoisotopic (exact) mass is 1040 g/mol. The van der Waals surface area contributed by atoms with Gasteiger partial charge in [0.1, 0.15) is 0 Å². The minimum absolute atomic E-state index is 0.00145. The molecule has 6 heteroatoms. The lowest BCUT2D eigenvalue weighted by molar-refractivity contribution is -0.143. The molecule has 0 spiro atoms. The van der Waals surface area contributed by atoms with Crippen molar-refractivity contribution in [2.24, 2.45) is 0 Å². The molecule has 0 saturated heterocycles. The van der Waals surface area contributed by atoms with Crippen molar-refractivity contribution in [3.05, 3.63) is 24.3 Å². The van der Waals surface area contributed by atoms with E-state index in [2.05, 4.69) is 31.3 Å². The molecule has 0 aromatic rings. The molecule has 74 heavy (non-hydrogen) atoms. The number of esters is 1. The van der Waals surface area contributed by atoms with Gasteiger partial charge in [0.25, 0.3) is 0 Å². The minimum Gasteiger partial charge on any atom is -0.466 e. The van der Waals surface area contributed by atoms with E-state index in [1.165, 1.54) is 283 Å². The van der Waals surface area contributed by atoms with Crippen LogP contribution in [-0.2, 0) is 14.3 Å². The highest BCUT2D eigenvalue weighted by molar-refractivity contribution is 5.76. The molecule has 6 nitrogen and oxygen atoms in total. The van der Waals surface area contributed by atoms with Crippen molar-refractivity contribution < 1.29 is 24.5 Å². The molecule has 0 fully saturated rings. The Hall–Kier alpha value is -1.66. The number of unbranched alkanes of at least 4 members (excludes halogenated alkanes) is 50. The van der Waals surface area contributed by atoms with Crippen LogP contribution in [0.1, 0.15) is 373 Å². The molecule has 0 saturated carbocycles. The summed E-state index contributed by atoms with van der Waals surface area (Å²) in [6.45, 7) is 4.92. The van der Waals surface area contributed by atoms with Crippen LogP contribution in [0, 0.1) is 0 Å². The van der Waals surface area contributed by atoms with Crippen molar-refractivity contribution in [1.82, 2.24) is 5.32 Å². The summed E-state index contributed by atoms with van der Waals surface area (Å²) >= 11 is 0. The predicted molar refractivity (Wildman–Crippen MR) is 324 cm³/mol. The number of allylic oxidation sites excluding steroid dienone is 3. The highest BCUT2D eigenvalue weighted by Gasteiger charge is 2.18. The maximum atomic E-state index is 12.5. The van der Waals surface area contributed by atoms with Gasteiger partial charge in [0.05, 0.1) is 25.4 Å². The van der Waals surface area contributed by atoms with Crippen LogP contribution in [-0.4, -0.2) is 47.4 Å². The average Bonchev–Trinajstić information content (AvgIpc) is 3.40. The Balaban J connectivity index is 3.46. The number of aliphatic hydroxyl groups is 2. The number of hydrogen-bond acceptors (Lipinski definition) is 5. The Morgan fingerprint density at radius 2 is 0.635 bits per heavy atom. The van der Waals surface area contributed by atoms with Crippen molar-refractivity contribution in [3.63, 3.8) is 0 Å². The van der Waals surface area contributed by atoms with Gasteiger partial charge in [-0.25, -0.2) is 0 Å². The maximum absolute atomic E-state index is 12.5. The first-order chi connectivity index (χ1) is 36.5. The topological polar surface area (TPSA) is 95.9 Å². The summed E-state index contributed by atoms with van der Waals surface area (Å²) in [7, 11) is 0. The van der Waals surface area contributed by atoms with Gasteiger partial charge in [-0.3, -0.25) is 9.59 Å². The number of carbonyl (C=O) groups is 2. The molecule has 0 radical (unpaired) electrons. The number of ether oxygens (including phenoxy) is 1. The van der Waals surface area contributed by atoms with E-state index in [-0.39, 0.29) is 18.5 Å². The first-order valence-electron chi connectivity index (χ1n) is 33.6. The van der Waals surface area contributed by atoms with Crippen LogP contribution in [0.25, 0.3) is 0 Å². The molecule has 3 N–H and O–H groups in total. The second kappa shape index (κ2) is 63.9. The molecule has 2 unspecified atom stereocenters. The number of hydrogen-bond donors (Lipinski definition) is 3. The van der Waals surface area contributed by atoms with Crippen molar-refractivity contribution in [3.8, 4) is 0 Å². The second-order valence-electron chi connectivity index (χ2n) is 23.2. The van der Waals surface area contributed by atoms with Crippen molar-refractivity contribution in [2.45, 2.75) is 386 Å². The van der Waals surface area contributed by atoms with Gasteiger partial charge < -0.3 is 20.3 Å². The third kappa shape index (κ3) is 59.6. The van der Waals surface area contributed by atoms with Gasteiger partial charge >= 0.3 is 5.97 Å². The van der Waals surface area contributed by atoms with E-state index in [4.69, 9.17) is 4.74 Å². The number of amides is 1. The van der Waals surface area contributed by atoms with Gasteiger partial charge in [-0.2, -0.15) is 0 Å². The standard InChI is InChI=1S/C68H131NO5/c1-3-5-7-9-11-13-15-17-19-21-23-24-25-26-27-28-32-36-40-44-48-52-56-60-66(71)65(64-70)69-67(72)61-57-53-49-45-41-37-33-30-31-35-39-43-47-51-55-59-63-74-68(73)62-58-54-50-46-42-38-34-29-22-20-18-16-14-12-10-8-6-4-2/h30,33,56,60,65-66,70-71H,3-29,31-32,34-55,57-59,61-64H2,1-2H3,(H,69,72)/b33-30-,60-56+. The second-order valence-corrected chi connectivity index (χ2v) is 23.2. The van der Waals surface area contributed by atoms with Crippen LogP contribution in [0.15, 0.2) is 24.3 Å². The van der Waals surface area contributed by atoms with Crippen LogP contribution in [0.3, 0.4) is 0 Å². The van der Waals surface area contributed by atoms with Crippen molar-refractivity contribution >= 4 is 11.9 Å². The lowest BCUT2D eigenvalue weighted by Crippen LogP contribution is -2.45. The maximum Gasteiger partial charge on any atom is 0.305 e. The predicted octanol–water partition coefficient (Wildman–Crippen LogP) is 21.4. The molecule has 0 aromatic heterocycles. The zero-order valence-electron chi connectivity index (χ0n) is 50.1. The normalized spacial score (nSPS) is 12.6. The van der Waals surface area contributed by atoms with Crippen LogP contribution in [0.5, 0.6) is 0 Å². The smallest absolute Gasteiger partial charge is 0.305 e. The fourth-order valence-electron chi connectivity index (χ4n) is 10.6. The Morgan fingerprint density at radius 3 is 0.959 bits per heavy atom. The minimum atomic E-state index is -0.856. The first-order valence-corrected chi connectivity index (χ1v) is 33.6. The zero-order valence-corrected chi connectivity index (χ0v) is 50.1. The molecule has 1 amide bonds. The number of carbonyl (C=O) groups excluding carboxylic acids is 2. The molecule has 0 aliphatic carbocycles. The highest BCUT2D eigenvalue weighted by Crippen LogP contribution is 2.18. The molecule has 438 valence electrons. The third-order valence-corrected chi connectivity index (χ3v) is 15.7. The molecule has 2 atom stereocenters. The van der Waals surface area contributed by atoms with E-state index in [9.17, 15) is 19.8 Å². The van der Waals surface area contributed by atoms with E-state index in [0.29, 0.717) is 19.4 Å². The summed E-state index contributed by atoms with van der Waals surface area (Å²) in [5.41, 5.74) is 0. The average molecular weight is 1040 g/mol. The van der Waals surface area contributed by atoms with Crippen LogP contribution in [0.2, 0.25) is 0 Å². The van der Waals surface area contributed by atoms with E-state index in [1.54, 1.807) is 6.08 Å². The van der Waals surface area contributed by atoms with E-state index in [1.807, 2.05) is 6.08 Å². The summed E-state index contributed by atoms with van der Waals surface area (Å²) in [6, 6.07) is -0.641. The van der Waals surface area contributed by atoms with Gasteiger partial charge in [0, 0.05) is 12.8 Å². The summed E-state index contributed by atoms with van der Waals surface area (Å²) in [5.74, 6) is -0.0796. The number of nitrogens with one attached hydrogen (secondary N) is 1. The summed E-state index contributed by atoms with van der Waals surface area (Å²) in [5, 5.41) is 23.2. The molecule has 0 aliphatic heterocycles. The fourth-order valence-corrected chi connectivity index (χ4v) is 10.6. The van der Waals surface area contributed by atoms with Crippen LogP contribution < -0.4 is 5.32 Å². The van der Waals surface area contributed by atoms with Crippen molar-refractivity contribution in [2.75, 3.05) is 13.2 Å². The Kier molecular flexibility index (Phi) is 62.4. The van der Waals surface area contributed by atoms with Gasteiger partial charge in [-0.05, 0) is 57.8 Å². The van der Waals surface area contributed by atoms with E-state index in [0.717, 1.165) is 64.2 Å². The first kappa shape index (κ1) is 72.3. The lowest BCUT2D eigenvalue weighted by atomic mass is 10.0. The third-order valence-electron chi connectivity index (χ3n) is 15.7. The summed E-state index contributed by atoms with van der Waals surface area (Å²) in [6.07, 6.45) is 79.5. The molecule has 0 bridgehead atoms. The zero-order chi connectivity index (χ0) is 53.6. The van der Waals surface area contributed by atoms with Crippen LogP contribution >= 0.6 is 0 Å². The van der Waals surface area contributed by atoms with E-state index >= 15 is 0 Å². The summed E-state index contributed by atoms with van der Waals surface area (Å²) in [4.78, 5) is 24.6. The molecule has 0 heterocycles. The van der Waals surface area contributed by atoms with Crippen LogP contribution in [0.4, 0.5) is 0 Å². The lowest BCUT2D eigenvalue weighted by Gasteiger charge is -2.20. The molecular formula is C68H131NO5. The number of rotatable bonds is 63. The Labute approximate surface area is 462 Å². The fraction of sp³-hybridized carbons (Fsp3) is 0.912. The summed E-state index contributed by atoms with van der Waals surface area (Å²) < 4.78 is 5.49. The van der Waals surface area contributed by atoms with Gasteiger partial charge in [0.15, 0.2) is 0 Å². The van der Waals surface area contributed by atoms with Gasteiger partial charge in [-0.15, -0.1) is 0 Å². The molecule has 0 rings (SSSR count). The highest BCUT2D eigenvalue weighted by atomic mass is 16.5. The largest absolute Gasteiger partial charge is 0.466 e.